The number of carbonyl (C=O) groups is 2. The third kappa shape index (κ3) is 3.65. The lowest BCUT2D eigenvalue weighted by Crippen LogP contribution is -2.25. The summed E-state index contributed by atoms with van der Waals surface area (Å²) in [5.74, 6) is -1.11. The Kier molecular flexibility index (Phi) is 4.65. The van der Waals surface area contributed by atoms with Crippen molar-refractivity contribution in [1.82, 2.24) is 15.3 Å². The Balaban J connectivity index is 2.21. The minimum atomic E-state index is -1.19. The minimum absolute atomic E-state index is 0.0678. The van der Waals surface area contributed by atoms with Gasteiger partial charge in [0.15, 0.2) is 0 Å². The lowest BCUT2D eigenvalue weighted by atomic mass is 10.2. The highest BCUT2D eigenvalue weighted by atomic mass is 16.4. The summed E-state index contributed by atoms with van der Waals surface area (Å²) in [5.41, 5.74) is 0.547. The van der Waals surface area contributed by atoms with Crippen LogP contribution in [-0.4, -0.2) is 40.0 Å². The molecule has 1 aromatic carbocycles. The van der Waals surface area contributed by atoms with Crippen LogP contribution in [0.15, 0.2) is 24.3 Å². The molecule has 0 aliphatic carbocycles. The van der Waals surface area contributed by atoms with Gasteiger partial charge in [0.25, 0.3) is 0 Å². The Morgan fingerprint density at radius 1 is 1.24 bits per heavy atom. The van der Waals surface area contributed by atoms with Crippen LogP contribution < -0.4 is 10.6 Å². The molecule has 1 heterocycles. The molecular weight excluding hydrogens is 272 g/mol. The molecule has 0 saturated heterocycles. The van der Waals surface area contributed by atoms with Crippen LogP contribution in [0.2, 0.25) is 0 Å². The smallest absolute Gasteiger partial charge is 0.374 e. The number of fused-ring (bicyclic) bond motifs is 1. The maximum Gasteiger partial charge on any atom is 0.374 e. The van der Waals surface area contributed by atoms with E-state index >= 15 is 0 Å². The summed E-state index contributed by atoms with van der Waals surface area (Å²) in [4.78, 5) is 30.4. The van der Waals surface area contributed by atoms with Crippen molar-refractivity contribution in [2.75, 3.05) is 18.4 Å². The lowest BCUT2D eigenvalue weighted by molar-refractivity contribution is -0.120. The van der Waals surface area contributed by atoms with Crippen LogP contribution in [0.4, 0.5) is 5.82 Å². The number of aromatic nitrogens is 2. The van der Waals surface area contributed by atoms with E-state index in [-0.39, 0.29) is 18.2 Å². The van der Waals surface area contributed by atoms with E-state index in [9.17, 15) is 9.59 Å². The number of rotatable bonds is 6. The molecule has 7 heteroatoms. The Morgan fingerprint density at radius 2 is 2.00 bits per heavy atom. The zero-order valence-corrected chi connectivity index (χ0v) is 11.6. The summed E-state index contributed by atoms with van der Waals surface area (Å²) >= 11 is 0. The Morgan fingerprint density at radius 3 is 2.71 bits per heavy atom. The number of hydrogen-bond donors (Lipinski definition) is 3. The van der Waals surface area contributed by atoms with Crippen LogP contribution in [0.5, 0.6) is 0 Å². The average Bonchev–Trinajstić information content (AvgIpc) is 2.47. The van der Waals surface area contributed by atoms with Crippen molar-refractivity contribution in [3.05, 3.63) is 30.1 Å². The number of carbonyl (C=O) groups excluding carboxylic acids is 1. The van der Waals surface area contributed by atoms with Gasteiger partial charge in [-0.1, -0.05) is 12.1 Å². The van der Waals surface area contributed by atoms with Gasteiger partial charge in [-0.2, -0.15) is 0 Å². The number of aromatic carboxylic acids is 1. The van der Waals surface area contributed by atoms with Crippen molar-refractivity contribution in [3.63, 3.8) is 0 Å². The zero-order valence-electron chi connectivity index (χ0n) is 11.6. The molecule has 1 amide bonds. The zero-order chi connectivity index (χ0) is 15.2. The van der Waals surface area contributed by atoms with E-state index < -0.39 is 5.97 Å². The van der Waals surface area contributed by atoms with Gasteiger partial charge in [0.05, 0.1) is 5.52 Å². The summed E-state index contributed by atoms with van der Waals surface area (Å²) in [6, 6.07) is 7.12. The molecule has 21 heavy (non-hydrogen) atoms. The highest BCUT2D eigenvalue weighted by molar-refractivity contribution is 5.93. The van der Waals surface area contributed by atoms with E-state index in [4.69, 9.17) is 5.11 Å². The van der Waals surface area contributed by atoms with Crippen molar-refractivity contribution in [2.24, 2.45) is 0 Å². The van der Waals surface area contributed by atoms with Crippen molar-refractivity contribution in [2.45, 2.75) is 13.3 Å². The number of carboxylic acid groups (broad SMARTS) is 1. The predicted octanol–water partition coefficient (Wildman–Crippen LogP) is 1.27. The quantitative estimate of drug-likeness (QED) is 0.739. The molecule has 0 bridgehead atoms. The predicted molar refractivity (Wildman–Crippen MR) is 78.3 cm³/mol. The van der Waals surface area contributed by atoms with Gasteiger partial charge in [-0.15, -0.1) is 0 Å². The molecule has 0 atom stereocenters. The average molecular weight is 288 g/mol. The maximum atomic E-state index is 11.4. The number of carboxylic acids is 1. The van der Waals surface area contributed by atoms with E-state index in [1.54, 1.807) is 18.2 Å². The number of amides is 1. The van der Waals surface area contributed by atoms with Crippen molar-refractivity contribution >= 4 is 28.6 Å². The Hall–Kier alpha value is -2.70. The van der Waals surface area contributed by atoms with E-state index in [1.165, 1.54) is 0 Å². The van der Waals surface area contributed by atoms with Gasteiger partial charge in [0, 0.05) is 24.9 Å². The van der Waals surface area contributed by atoms with Gasteiger partial charge in [-0.25, -0.2) is 14.8 Å². The topological polar surface area (TPSA) is 104 Å². The third-order valence-electron chi connectivity index (χ3n) is 2.81. The first-order valence-corrected chi connectivity index (χ1v) is 6.62. The second-order valence-electron chi connectivity index (χ2n) is 4.35. The molecule has 2 aromatic rings. The lowest BCUT2D eigenvalue weighted by Gasteiger charge is -2.09. The second kappa shape index (κ2) is 6.65. The van der Waals surface area contributed by atoms with Crippen LogP contribution in [0, 0.1) is 0 Å². The van der Waals surface area contributed by atoms with Gasteiger partial charge in [-0.3, -0.25) is 4.79 Å². The molecule has 0 saturated carbocycles. The highest BCUT2D eigenvalue weighted by Crippen LogP contribution is 2.19. The van der Waals surface area contributed by atoms with Crippen LogP contribution >= 0.6 is 0 Å². The molecule has 7 nitrogen and oxygen atoms in total. The van der Waals surface area contributed by atoms with Gasteiger partial charge in [0.1, 0.15) is 5.82 Å². The van der Waals surface area contributed by atoms with Gasteiger partial charge in [0.2, 0.25) is 11.7 Å². The summed E-state index contributed by atoms with van der Waals surface area (Å²) in [5, 5.41) is 15.4. The van der Waals surface area contributed by atoms with E-state index in [0.717, 1.165) is 5.39 Å². The third-order valence-corrected chi connectivity index (χ3v) is 2.81. The molecule has 110 valence electrons. The van der Waals surface area contributed by atoms with Gasteiger partial charge >= 0.3 is 5.97 Å². The number of hydrogen-bond acceptors (Lipinski definition) is 5. The first-order valence-electron chi connectivity index (χ1n) is 6.62. The normalized spacial score (nSPS) is 10.3. The fourth-order valence-corrected chi connectivity index (χ4v) is 1.89. The fourth-order valence-electron chi connectivity index (χ4n) is 1.89. The number of anilines is 1. The highest BCUT2D eigenvalue weighted by Gasteiger charge is 2.12. The van der Waals surface area contributed by atoms with Gasteiger partial charge < -0.3 is 15.7 Å². The molecule has 0 fully saturated rings. The standard InChI is InChI=1S/C14H16N4O3/c1-2-15-11(19)7-8-16-12-9-5-3-4-6-10(9)17-13(18-12)14(20)21/h3-6H,2,7-8H2,1H3,(H,15,19)(H,20,21)(H,16,17,18). The molecule has 0 aliphatic rings. The molecule has 2 rings (SSSR count). The van der Waals surface area contributed by atoms with E-state index in [0.29, 0.717) is 24.4 Å². The second-order valence-corrected chi connectivity index (χ2v) is 4.35. The molecule has 0 radical (unpaired) electrons. The SMILES string of the molecule is CCNC(=O)CCNc1nc(C(=O)O)nc2ccccc12. The molecular formula is C14H16N4O3. The number of nitrogens with zero attached hydrogens (tertiary/aromatic N) is 2. The maximum absolute atomic E-state index is 11.4. The van der Waals surface area contributed by atoms with Crippen molar-refractivity contribution in [3.8, 4) is 0 Å². The minimum Gasteiger partial charge on any atom is -0.475 e. The van der Waals surface area contributed by atoms with E-state index in [1.807, 2.05) is 13.0 Å². The van der Waals surface area contributed by atoms with Crippen LogP contribution in [-0.2, 0) is 4.79 Å². The molecule has 1 aromatic heterocycles. The van der Waals surface area contributed by atoms with Crippen molar-refractivity contribution in [1.29, 1.82) is 0 Å². The van der Waals surface area contributed by atoms with Crippen LogP contribution in [0.25, 0.3) is 10.9 Å². The summed E-state index contributed by atoms with van der Waals surface area (Å²) in [6.07, 6.45) is 0.286. The molecule has 0 spiro atoms. The monoisotopic (exact) mass is 288 g/mol. The summed E-state index contributed by atoms with van der Waals surface area (Å²) in [7, 11) is 0. The largest absolute Gasteiger partial charge is 0.475 e. The first kappa shape index (κ1) is 14.7. The Bertz CT molecular complexity index is 672. The number of para-hydroxylation sites is 1. The summed E-state index contributed by atoms with van der Waals surface area (Å²) in [6.45, 7) is 2.80. The first-order chi connectivity index (χ1) is 10.1. The Labute approximate surface area is 121 Å². The molecule has 3 N–H and O–H groups in total. The number of nitrogens with one attached hydrogen (secondary N) is 2. The molecule has 0 unspecified atom stereocenters. The van der Waals surface area contributed by atoms with Crippen molar-refractivity contribution < 1.29 is 14.7 Å². The van der Waals surface area contributed by atoms with E-state index in [2.05, 4.69) is 20.6 Å². The van der Waals surface area contributed by atoms with Gasteiger partial charge in [-0.05, 0) is 19.1 Å². The summed E-state index contributed by atoms with van der Waals surface area (Å²) < 4.78 is 0. The molecule has 0 aliphatic heterocycles. The van der Waals surface area contributed by atoms with Crippen LogP contribution in [0.1, 0.15) is 24.0 Å². The fraction of sp³-hybridized carbons (Fsp3) is 0.286. The number of benzene rings is 1. The van der Waals surface area contributed by atoms with Crippen LogP contribution in [0.3, 0.4) is 0 Å².